The first kappa shape index (κ1) is 10.8. The third-order valence-electron chi connectivity index (χ3n) is 1.22. The van der Waals surface area contributed by atoms with Gasteiger partial charge in [0.1, 0.15) is 0 Å². The average Bonchev–Trinajstić information content (AvgIpc) is 1.98. The second-order valence-electron chi connectivity index (χ2n) is 2.32. The summed E-state index contributed by atoms with van der Waals surface area (Å²) >= 11 is 0. The molecule has 0 saturated heterocycles. The highest BCUT2D eigenvalue weighted by molar-refractivity contribution is 6.09. The molecule has 0 aromatic rings. The van der Waals surface area contributed by atoms with Crippen molar-refractivity contribution in [3.8, 4) is 0 Å². The minimum Gasteiger partial charge on any atom is -0.479 e. The van der Waals surface area contributed by atoms with Gasteiger partial charge in [-0.25, -0.2) is 4.79 Å². The van der Waals surface area contributed by atoms with Crippen LogP contribution in [-0.4, -0.2) is 29.6 Å². The van der Waals surface area contributed by atoms with Crippen LogP contribution in [0, 0.1) is 0 Å². The van der Waals surface area contributed by atoms with Gasteiger partial charge in [-0.05, 0) is 19.4 Å². The maximum atomic E-state index is 11.1. The Bertz CT molecular complexity index is 207. The first-order chi connectivity index (χ1) is 5.50. The number of hydrogen-bond acceptors (Lipinski definition) is 3. The topological polar surface area (TPSA) is 63.6 Å². The molecule has 0 aliphatic heterocycles. The molecule has 0 aliphatic rings. The van der Waals surface area contributed by atoms with E-state index in [0.717, 1.165) is 0 Å². The SMILES string of the molecule is C=C(C)C(=O)C(OCC)C(=O)O. The van der Waals surface area contributed by atoms with Crippen molar-refractivity contribution in [2.24, 2.45) is 0 Å². The zero-order chi connectivity index (χ0) is 9.72. The molecular weight excluding hydrogens is 160 g/mol. The maximum absolute atomic E-state index is 11.1. The van der Waals surface area contributed by atoms with E-state index < -0.39 is 17.9 Å². The lowest BCUT2D eigenvalue weighted by Gasteiger charge is -2.09. The Hall–Kier alpha value is -1.16. The standard InChI is InChI=1S/C8H12O4/c1-4-12-7(8(10)11)6(9)5(2)3/h7H,2,4H2,1,3H3,(H,10,11). The molecule has 1 unspecified atom stereocenters. The van der Waals surface area contributed by atoms with Gasteiger partial charge in [-0.2, -0.15) is 0 Å². The van der Waals surface area contributed by atoms with Gasteiger partial charge in [-0.3, -0.25) is 4.79 Å². The van der Waals surface area contributed by atoms with E-state index in [1.807, 2.05) is 0 Å². The molecule has 4 heteroatoms. The molecule has 0 radical (unpaired) electrons. The quantitative estimate of drug-likeness (QED) is 0.487. The minimum atomic E-state index is -1.40. The molecule has 4 nitrogen and oxygen atoms in total. The predicted molar refractivity (Wildman–Crippen MR) is 42.9 cm³/mol. The number of carbonyl (C=O) groups is 2. The van der Waals surface area contributed by atoms with E-state index in [4.69, 9.17) is 9.84 Å². The molecule has 0 amide bonds. The molecule has 0 bridgehead atoms. The summed E-state index contributed by atoms with van der Waals surface area (Å²) in [6.07, 6.45) is -1.40. The number of carboxylic acid groups (broad SMARTS) is 1. The summed E-state index contributed by atoms with van der Waals surface area (Å²) in [6, 6.07) is 0. The summed E-state index contributed by atoms with van der Waals surface area (Å²) in [7, 11) is 0. The molecule has 68 valence electrons. The van der Waals surface area contributed by atoms with E-state index in [9.17, 15) is 9.59 Å². The number of ether oxygens (including phenoxy) is 1. The van der Waals surface area contributed by atoms with Crippen molar-refractivity contribution in [3.05, 3.63) is 12.2 Å². The molecule has 1 N–H and O–H groups in total. The van der Waals surface area contributed by atoms with Crippen molar-refractivity contribution in [3.63, 3.8) is 0 Å². The fourth-order valence-electron chi connectivity index (χ4n) is 0.650. The van der Waals surface area contributed by atoms with Crippen LogP contribution in [0.25, 0.3) is 0 Å². The highest BCUT2D eigenvalue weighted by Crippen LogP contribution is 2.01. The summed E-state index contributed by atoms with van der Waals surface area (Å²) in [5, 5.41) is 8.54. The summed E-state index contributed by atoms with van der Waals surface area (Å²) in [4.78, 5) is 21.5. The smallest absolute Gasteiger partial charge is 0.341 e. The highest BCUT2D eigenvalue weighted by atomic mass is 16.5. The summed E-state index contributed by atoms with van der Waals surface area (Å²) in [5.41, 5.74) is 0.191. The Morgan fingerprint density at radius 3 is 2.33 bits per heavy atom. The van der Waals surface area contributed by atoms with Gasteiger partial charge in [0.25, 0.3) is 0 Å². The van der Waals surface area contributed by atoms with Crippen LogP contribution in [0.1, 0.15) is 13.8 Å². The summed E-state index contributed by atoms with van der Waals surface area (Å²) in [5.74, 6) is -1.85. The van der Waals surface area contributed by atoms with Crippen molar-refractivity contribution in [2.75, 3.05) is 6.61 Å². The lowest BCUT2D eigenvalue weighted by Crippen LogP contribution is -2.33. The number of carbonyl (C=O) groups excluding carboxylic acids is 1. The lowest BCUT2D eigenvalue weighted by atomic mass is 10.1. The largest absolute Gasteiger partial charge is 0.479 e. The number of rotatable bonds is 5. The molecular formula is C8H12O4. The Labute approximate surface area is 70.8 Å². The van der Waals surface area contributed by atoms with Gasteiger partial charge in [-0.1, -0.05) is 6.58 Å². The Balaban J connectivity index is 4.40. The van der Waals surface area contributed by atoms with Crippen molar-refractivity contribution in [1.82, 2.24) is 0 Å². The van der Waals surface area contributed by atoms with E-state index in [1.54, 1.807) is 6.92 Å². The Morgan fingerprint density at radius 2 is 2.08 bits per heavy atom. The zero-order valence-corrected chi connectivity index (χ0v) is 7.16. The predicted octanol–water partition coefficient (Wildman–Crippen LogP) is 0.621. The molecule has 0 spiro atoms. The third-order valence-corrected chi connectivity index (χ3v) is 1.22. The van der Waals surface area contributed by atoms with Gasteiger partial charge >= 0.3 is 5.97 Å². The van der Waals surface area contributed by atoms with Gasteiger partial charge < -0.3 is 9.84 Å². The first-order valence-corrected chi connectivity index (χ1v) is 3.54. The first-order valence-electron chi connectivity index (χ1n) is 3.54. The molecule has 1 atom stereocenters. The molecule has 0 rings (SSSR count). The van der Waals surface area contributed by atoms with E-state index in [0.29, 0.717) is 0 Å². The van der Waals surface area contributed by atoms with Crippen molar-refractivity contribution in [1.29, 1.82) is 0 Å². The van der Waals surface area contributed by atoms with Crippen LogP contribution in [0.2, 0.25) is 0 Å². The second-order valence-corrected chi connectivity index (χ2v) is 2.32. The van der Waals surface area contributed by atoms with Crippen molar-refractivity contribution in [2.45, 2.75) is 20.0 Å². The lowest BCUT2D eigenvalue weighted by molar-refractivity contribution is -0.154. The van der Waals surface area contributed by atoms with Crippen LogP contribution >= 0.6 is 0 Å². The highest BCUT2D eigenvalue weighted by Gasteiger charge is 2.26. The van der Waals surface area contributed by atoms with Crippen LogP contribution in [0.15, 0.2) is 12.2 Å². The monoisotopic (exact) mass is 172 g/mol. The minimum absolute atomic E-state index is 0.190. The normalized spacial score (nSPS) is 12.2. The van der Waals surface area contributed by atoms with E-state index in [-0.39, 0.29) is 12.2 Å². The second kappa shape index (κ2) is 4.66. The number of hydrogen-bond donors (Lipinski definition) is 1. The third kappa shape index (κ3) is 2.84. The van der Waals surface area contributed by atoms with Gasteiger partial charge in [0.2, 0.25) is 6.10 Å². The van der Waals surface area contributed by atoms with Crippen LogP contribution < -0.4 is 0 Å². The van der Waals surface area contributed by atoms with E-state index in [1.165, 1.54) is 6.92 Å². The molecule has 0 aromatic carbocycles. The zero-order valence-electron chi connectivity index (χ0n) is 7.16. The van der Waals surface area contributed by atoms with Gasteiger partial charge in [0.05, 0.1) is 0 Å². The fraction of sp³-hybridized carbons (Fsp3) is 0.500. The molecule has 0 aliphatic carbocycles. The molecule has 0 fully saturated rings. The van der Waals surface area contributed by atoms with Crippen molar-refractivity contribution >= 4 is 11.8 Å². The van der Waals surface area contributed by atoms with Crippen LogP contribution in [0.4, 0.5) is 0 Å². The van der Waals surface area contributed by atoms with E-state index >= 15 is 0 Å². The van der Waals surface area contributed by atoms with Gasteiger partial charge in [0.15, 0.2) is 5.78 Å². The number of ketones is 1. The molecule has 0 saturated carbocycles. The van der Waals surface area contributed by atoms with Gasteiger partial charge in [0, 0.05) is 6.61 Å². The maximum Gasteiger partial charge on any atom is 0.341 e. The van der Waals surface area contributed by atoms with Crippen molar-refractivity contribution < 1.29 is 19.4 Å². The Kier molecular flexibility index (Phi) is 4.21. The molecule has 12 heavy (non-hydrogen) atoms. The molecule has 0 heterocycles. The van der Waals surface area contributed by atoms with Crippen LogP contribution in [0.3, 0.4) is 0 Å². The fourth-order valence-corrected chi connectivity index (χ4v) is 0.650. The van der Waals surface area contributed by atoms with Crippen LogP contribution in [0.5, 0.6) is 0 Å². The van der Waals surface area contributed by atoms with Gasteiger partial charge in [-0.15, -0.1) is 0 Å². The van der Waals surface area contributed by atoms with E-state index in [2.05, 4.69) is 6.58 Å². The Morgan fingerprint density at radius 1 is 1.58 bits per heavy atom. The number of carboxylic acids is 1. The average molecular weight is 172 g/mol. The molecule has 0 aromatic heterocycles. The number of aliphatic carboxylic acids is 1. The summed E-state index contributed by atoms with van der Waals surface area (Å²) < 4.78 is 4.72. The number of Topliss-reactive ketones (excluding diaryl/α,β-unsaturated/α-hetero) is 1. The summed E-state index contributed by atoms with van der Waals surface area (Å²) in [6.45, 7) is 6.62. The van der Waals surface area contributed by atoms with Crippen LogP contribution in [-0.2, 0) is 14.3 Å².